The lowest BCUT2D eigenvalue weighted by Gasteiger charge is -2.24. The molecule has 3 aromatic rings. The first-order valence-corrected chi connectivity index (χ1v) is 10.1. The van der Waals surface area contributed by atoms with E-state index in [1.165, 1.54) is 22.8 Å². The molecule has 1 aliphatic heterocycles. The molecule has 1 saturated heterocycles. The fourth-order valence-electron chi connectivity index (χ4n) is 3.26. The van der Waals surface area contributed by atoms with Gasteiger partial charge in [-0.15, -0.1) is 0 Å². The summed E-state index contributed by atoms with van der Waals surface area (Å²) in [7, 11) is -3.65. The minimum absolute atomic E-state index is 0.107. The van der Waals surface area contributed by atoms with E-state index in [1.54, 1.807) is 4.52 Å². The molecule has 0 unspecified atom stereocenters. The first-order valence-electron chi connectivity index (χ1n) is 8.63. The number of benzene rings is 1. The van der Waals surface area contributed by atoms with E-state index < -0.39 is 15.8 Å². The van der Waals surface area contributed by atoms with Gasteiger partial charge in [0, 0.05) is 37.9 Å². The maximum absolute atomic E-state index is 13.1. The number of nitrogens with zero attached hydrogens (tertiary/aromatic N) is 6. The summed E-state index contributed by atoms with van der Waals surface area (Å²) >= 11 is 0. The van der Waals surface area contributed by atoms with E-state index >= 15 is 0 Å². The second-order valence-electron chi connectivity index (χ2n) is 6.43. The largest absolute Gasteiger partial charge is 0.355 e. The monoisotopic (exact) mass is 390 g/mol. The molecular weight excluding hydrogens is 371 g/mol. The number of hydrogen-bond donors (Lipinski definition) is 0. The predicted octanol–water partition coefficient (Wildman–Crippen LogP) is 1.47. The average molecular weight is 390 g/mol. The molecule has 27 heavy (non-hydrogen) atoms. The van der Waals surface area contributed by atoms with Gasteiger partial charge in [-0.05, 0) is 37.6 Å². The average Bonchev–Trinajstić information content (AvgIpc) is 2.96. The van der Waals surface area contributed by atoms with Gasteiger partial charge in [0.2, 0.25) is 10.0 Å². The fraction of sp³-hybridized carbons (Fsp3) is 0.353. The van der Waals surface area contributed by atoms with Gasteiger partial charge in [0.25, 0.3) is 5.78 Å². The Kier molecular flexibility index (Phi) is 4.52. The lowest BCUT2D eigenvalue weighted by molar-refractivity contribution is 0.433. The molecule has 1 aromatic carbocycles. The van der Waals surface area contributed by atoms with Crippen molar-refractivity contribution < 1.29 is 12.8 Å². The van der Waals surface area contributed by atoms with Crippen LogP contribution in [0.4, 0.5) is 10.2 Å². The molecule has 142 valence electrons. The van der Waals surface area contributed by atoms with E-state index in [4.69, 9.17) is 0 Å². The Balaban J connectivity index is 1.59. The molecule has 0 radical (unpaired) electrons. The molecule has 4 rings (SSSR count). The van der Waals surface area contributed by atoms with Gasteiger partial charge in [-0.25, -0.2) is 17.8 Å². The van der Waals surface area contributed by atoms with E-state index in [1.807, 2.05) is 13.0 Å². The number of fused-ring (bicyclic) bond motifs is 1. The minimum Gasteiger partial charge on any atom is -0.355 e. The number of aryl methyl sites for hydroxylation is 1. The molecule has 1 aliphatic rings. The van der Waals surface area contributed by atoms with Crippen molar-refractivity contribution in [2.45, 2.75) is 18.2 Å². The van der Waals surface area contributed by atoms with Crippen LogP contribution in [-0.2, 0) is 10.0 Å². The van der Waals surface area contributed by atoms with Crippen molar-refractivity contribution in [3.63, 3.8) is 0 Å². The van der Waals surface area contributed by atoms with Crippen LogP contribution in [0.15, 0.2) is 41.6 Å². The number of aromatic nitrogens is 4. The van der Waals surface area contributed by atoms with Gasteiger partial charge in [-0.1, -0.05) is 0 Å². The van der Waals surface area contributed by atoms with E-state index in [0.717, 1.165) is 23.6 Å². The minimum atomic E-state index is -3.65. The number of hydrogen-bond acceptors (Lipinski definition) is 6. The molecular formula is C17H19FN6O2S. The summed E-state index contributed by atoms with van der Waals surface area (Å²) in [6, 6.07) is 6.86. The summed E-state index contributed by atoms with van der Waals surface area (Å²) < 4.78 is 42.0. The SMILES string of the molecule is Cc1cc(N2CCCN(S(=O)(=O)c3ccc(F)cc3)CC2)n2ncnc2n1. The van der Waals surface area contributed by atoms with Crippen LogP contribution in [0.3, 0.4) is 0 Å². The Morgan fingerprint density at radius 2 is 1.85 bits per heavy atom. The van der Waals surface area contributed by atoms with Gasteiger partial charge in [0.1, 0.15) is 18.0 Å². The topological polar surface area (TPSA) is 83.7 Å². The standard InChI is InChI=1S/C17H19FN6O2S/c1-13-11-16(24-17(21-13)19-12-20-24)22-7-2-8-23(10-9-22)27(25,26)15-5-3-14(18)4-6-15/h3-6,11-12H,2,7-10H2,1H3. The summed E-state index contributed by atoms with van der Waals surface area (Å²) in [5.41, 5.74) is 0.825. The molecule has 0 spiro atoms. The molecule has 2 aromatic heterocycles. The zero-order valence-corrected chi connectivity index (χ0v) is 15.6. The van der Waals surface area contributed by atoms with Crippen LogP contribution >= 0.6 is 0 Å². The van der Waals surface area contributed by atoms with Crippen LogP contribution < -0.4 is 4.90 Å². The van der Waals surface area contributed by atoms with Gasteiger partial charge in [-0.3, -0.25) is 0 Å². The predicted molar refractivity (Wildman–Crippen MR) is 97.5 cm³/mol. The highest BCUT2D eigenvalue weighted by molar-refractivity contribution is 7.89. The highest BCUT2D eigenvalue weighted by Crippen LogP contribution is 2.21. The molecule has 8 nitrogen and oxygen atoms in total. The van der Waals surface area contributed by atoms with Gasteiger partial charge in [0.05, 0.1) is 4.90 Å². The number of halogens is 1. The molecule has 1 fully saturated rings. The lowest BCUT2D eigenvalue weighted by atomic mass is 10.3. The zero-order valence-electron chi connectivity index (χ0n) is 14.8. The van der Waals surface area contributed by atoms with Crippen molar-refractivity contribution in [1.29, 1.82) is 0 Å². The number of sulfonamides is 1. The number of rotatable bonds is 3. The van der Waals surface area contributed by atoms with Crippen molar-refractivity contribution in [2.75, 3.05) is 31.1 Å². The Morgan fingerprint density at radius 3 is 2.63 bits per heavy atom. The van der Waals surface area contributed by atoms with E-state index in [2.05, 4.69) is 20.0 Å². The third-order valence-corrected chi connectivity index (χ3v) is 6.50. The zero-order chi connectivity index (χ0) is 19.0. The normalized spacial score (nSPS) is 16.6. The molecule has 0 bridgehead atoms. The maximum atomic E-state index is 13.1. The van der Waals surface area contributed by atoms with Crippen LogP contribution in [0.1, 0.15) is 12.1 Å². The van der Waals surface area contributed by atoms with Crippen LogP contribution in [-0.4, -0.2) is 58.5 Å². The van der Waals surface area contributed by atoms with Crippen LogP contribution in [0.5, 0.6) is 0 Å². The van der Waals surface area contributed by atoms with Crippen LogP contribution in [0.2, 0.25) is 0 Å². The van der Waals surface area contributed by atoms with Crippen molar-refractivity contribution in [3.05, 3.63) is 48.2 Å². The second-order valence-corrected chi connectivity index (χ2v) is 8.36. The van der Waals surface area contributed by atoms with Crippen molar-refractivity contribution in [3.8, 4) is 0 Å². The molecule has 0 amide bonds. The highest BCUT2D eigenvalue weighted by atomic mass is 32.2. The molecule has 0 saturated carbocycles. The molecule has 0 aliphatic carbocycles. The summed E-state index contributed by atoms with van der Waals surface area (Å²) in [5.74, 6) is 0.905. The van der Waals surface area contributed by atoms with Crippen molar-refractivity contribution in [2.24, 2.45) is 0 Å². The Morgan fingerprint density at radius 1 is 1.07 bits per heavy atom. The summed E-state index contributed by atoms with van der Waals surface area (Å²) in [5, 5.41) is 4.22. The third-order valence-electron chi connectivity index (χ3n) is 4.59. The second kappa shape index (κ2) is 6.86. The Hall–Kier alpha value is -2.59. The van der Waals surface area contributed by atoms with Gasteiger partial charge >= 0.3 is 0 Å². The van der Waals surface area contributed by atoms with Gasteiger partial charge in [0.15, 0.2) is 0 Å². The summed E-state index contributed by atoms with van der Waals surface area (Å²) in [4.78, 5) is 10.7. The molecule has 0 N–H and O–H groups in total. The van der Waals surface area contributed by atoms with E-state index in [0.29, 0.717) is 38.4 Å². The molecule has 0 atom stereocenters. The Bertz CT molecular complexity index is 1070. The van der Waals surface area contributed by atoms with Crippen LogP contribution in [0, 0.1) is 12.7 Å². The van der Waals surface area contributed by atoms with Gasteiger partial charge < -0.3 is 4.90 Å². The smallest absolute Gasteiger partial charge is 0.254 e. The van der Waals surface area contributed by atoms with Crippen molar-refractivity contribution >= 4 is 21.6 Å². The van der Waals surface area contributed by atoms with E-state index in [9.17, 15) is 12.8 Å². The highest BCUT2D eigenvalue weighted by Gasteiger charge is 2.27. The Labute approximate surface area is 156 Å². The first-order chi connectivity index (χ1) is 12.9. The molecule has 10 heteroatoms. The van der Waals surface area contributed by atoms with Crippen LogP contribution in [0.25, 0.3) is 5.78 Å². The van der Waals surface area contributed by atoms with E-state index in [-0.39, 0.29) is 4.90 Å². The fourth-order valence-corrected chi connectivity index (χ4v) is 4.72. The third kappa shape index (κ3) is 3.37. The lowest BCUT2D eigenvalue weighted by Crippen LogP contribution is -2.35. The first kappa shape index (κ1) is 17.8. The summed E-state index contributed by atoms with van der Waals surface area (Å²) in [6.45, 7) is 3.83. The summed E-state index contributed by atoms with van der Waals surface area (Å²) in [6.07, 6.45) is 2.12. The number of anilines is 1. The maximum Gasteiger partial charge on any atom is 0.254 e. The molecule has 3 heterocycles. The quantitative estimate of drug-likeness (QED) is 0.674. The van der Waals surface area contributed by atoms with Gasteiger partial charge in [-0.2, -0.15) is 18.9 Å². The van der Waals surface area contributed by atoms with Crippen molar-refractivity contribution in [1.82, 2.24) is 23.9 Å².